The van der Waals surface area contributed by atoms with E-state index in [1.807, 2.05) is 29.0 Å². The average molecular weight is 471 g/mol. The summed E-state index contributed by atoms with van der Waals surface area (Å²) in [5.74, 6) is -0.653. The number of carbonyl (C=O) groups is 1. The first kappa shape index (κ1) is 21.2. The van der Waals surface area contributed by atoms with Gasteiger partial charge in [-0.3, -0.25) is 9.59 Å². The van der Waals surface area contributed by atoms with Crippen molar-refractivity contribution >= 4 is 56.2 Å². The van der Waals surface area contributed by atoms with Gasteiger partial charge in [0.25, 0.3) is 5.56 Å². The van der Waals surface area contributed by atoms with Crippen molar-refractivity contribution in [3.05, 3.63) is 63.3 Å². The van der Waals surface area contributed by atoms with Crippen LogP contribution in [0.25, 0.3) is 20.7 Å². The number of hydrogen-bond acceptors (Lipinski definition) is 7. The van der Waals surface area contributed by atoms with Crippen molar-refractivity contribution < 1.29 is 9.18 Å². The highest BCUT2D eigenvalue weighted by Gasteiger charge is 2.18. The fraction of sp³-hybridized carbons (Fsp3) is 0.143. The van der Waals surface area contributed by atoms with Gasteiger partial charge in [0, 0.05) is 28.1 Å². The second kappa shape index (κ2) is 9.43. The zero-order chi connectivity index (χ0) is 21.8. The van der Waals surface area contributed by atoms with Crippen molar-refractivity contribution in [2.45, 2.75) is 11.6 Å². The first-order valence-corrected chi connectivity index (χ1v) is 11.9. The first-order chi connectivity index (χ1) is 15.1. The van der Waals surface area contributed by atoms with Gasteiger partial charge in [-0.25, -0.2) is 9.37 Å². The smallest absolute Gasteiger partial charge is 0.260 e. The third-order valence-electron chi connectivity index (χ3n) is 4.43. The van der Waals surface area contributed by atoms with Crippen LogP contribution in [0, 0.1) is 17.1 Å². The summed E-state index contributed by atoms with van der Waals surface area (Å²) >= 11 is 4.06. The third kappa shape index (κ3) is 4.69. The lowest BCUT2D eigenvalue weighted by atomic mass is 10.2. The molecule has 31 heavy (non-hydrogen) atoms. The Morgan fingerprint density at radius 2 is 2.06 bits per heavy atom. The molecule has 3 aromatic heterocycles. The van der Waals surface area contributed by atoms with Gasteiger partial charge in [-0.15, -0.1) is 22.7 Å². The van der Waals surface area contributed by atoms with Gasteiger partial charge in [0.15, 0.2) is 5.16 Å². The van der Waals surface area contributed by atoms with E-state index < -0.39 is 5.82 Å². The number of benzene rings is 1. The molecule has 6 nitrogen and oxygen atoms in total. The second-order valence-electron chi connectivity index (χ2n) is 6.40. The Bertz CT molecular complexity index is 1310. The number of thiophene rings is 2. The summed E-state index contributed by atoms with van der Waals surface area (Å²) in [6, 6.07) is 11.4. The number of halogens is 1. The molecule has 4 aromatic rings. The normalized spacial score (nSPS) is 10.8. The van der Waals surface area contributed by atoms with Crippen LogP contribution in [0.4, 0.5) is 10.1 Å². The topological polar surface area (TPSA) is 89.8 Å². The average Bonchev–Trinajstić information content (AvgIpc) is 3.43. The van der Waals surface area contributed by atoms with Crippen LogP contribution < -0.4 is 10.5 Å². The Hall–Kier alpha value is -3.00. The third-order valence-corrected chi connectivity index (χ3v) is 7.06. The molecule has 1 aromatic carbocycles. The van der Waals surface area contributed by atoms with E-state index >= 15 is 0 Å². The largest absolute Gasteiger partial charge is 0.311 e. The summed E-state index contributed by atoms with van der Waals surface area (Å²) in [5.41, 5.74) is 1.12. The monoisotopic (exact) mass is 470 g/mol. The molecule has 0 atom stereocenters. The Morgan fingerprint density at radius 1 is 1.26 bits per heavy atom. The van der Waals surface area contributed by atoms with Crippen LogP contribution >= 0.6 is 34.4 Å². The summed E-state index contributed by atoms with van der Waals surface area (Å²) in [7, 11) is 0. The number of fused-ring (bicyclic) bond motifs is 1. The zero-order valence-electron chi connectivity index (χ0n) is 16.0. The number of anilines is 1. The van der Waals surface area contributed by atoms with Gasteiger partial charge in [-0.2, -0.15) is 5.26 Å². The number of amides is 1. The first-order valence-electron chi connectivity index (χ1n) is 9.18. The zero-order valence-corrected chi connectivity index (χ0v) is 18.5. The van der Waals surface area contributed by atoms with Gasteiger partial charge < -0.3 is 9.88 Å². The number of H-pyrrole nitrogens is 1. The molecule has 3 heterocycles. The number of carbonyl (C=O) groups excluding carboxylic acids is 1. The molecule has 1 N–H and O–H groups in total. The summed E-state index contributed by atoms with van der Waals surface area (Å²) < 4.78 is 13.2. The molecule has 0 fully saturated rings. The number of nitrogens with zero attached hydrogens (tertiary/aromatic N) is 3. The van der Waals surface area contributed by atoms with E-state index in [1.54, 1.807) is 11.3 Å². The van der Waals surface area contributed by atoms with Crippen LogP contribution in [-0.4, -0.2) is 28.2 Å². The highest BCUT2D eigenvalue weighted by atomic mass is 32.2. The van der Waals surface area contributed by atoms with Crippen molar-refractivity contribution in [2.75, 3.05) is 17.2 Å². The van der Waals surface area contributed by atoms with Crippen LogP contribution in [0.5, 0.6) is 0 Å². The van der Waals surface area contributed by atoms with Gasteiger partial charge in [0.1, 0.15) is 10.6 Å². The molecular weight excluding hydrogens is 455 g/mol. The maximum Gasteiger partial charge on any atom is 0.260 e. The number of aromatic amines is 1. The molecule has 0 aliphatic carbocycles. The highest BCUT2D eigenvalue weighted by molar-refractivity contribution is 7.99. The van der Waals surface area contributed by atoms with E-state index in [0.717, 1.165) is 22.2 Å². The molecule has 0 saturated carbocycles. The Morgan fingerprint density at radius 3 is 2.77 bits per heavy atom. The summed E-state index contributed by atoms with van der Waals surface area (Å²) in [5, 5.41) is 13.7. The van der Waals surface area contributed by atoms with E-state index in [2.05, 4.69) is 9.97 Å². The van der Waals surface area contributed by atoms with Crippen molar-refractivity contribution in [3.63, 3.8) is 0 Å². The minimum Gasteiger partial charge on any atom is -0.311 e. The van der Waals surface area contributed by atoms with Crippen molar-refractivity contribution in [1.82, 2.24) is 9.97 Å². The molecule has 0 bridgehead atoms. The molecule has 0 aliphatic heterocycles. The maximum absolute atomic E-state index is 13.2. The lowest BCUT2D eigenvalue weighted by molar-refractivity contribution is -0.116. The molecule has 0 saturated heterocycles. The van der Waals surface area contributed by atoms with Gasteiger partial charge in [-0.05, 0) is 35.7 Å². The molecule has 10 heteroatoms. The number of rotatable bonds is 7. The standard InChI is InChI=1S/C21H15FN4O2S3/c22-13-4-6-14(7-5-13)26(9-2-8-23)17(27)12-31-21-24-19(28)18-15(11-30-20(18)25-21)16-3-1-10-29-16/h1,3-7,10-11H,2,9,12H2,(H,24,25,28). The molecular formula is C21H15FN4O2S3. The number of nitriles is 1. The van der Waals surface area contributed by atoms with Gasteiger partial charge in [-0.1, -0.05) is 17.8 Å². The van der Waals surface area contributed by atoms with E-state index in [4.69, 9.17) is 5.26 Å². The fourth-order valence-corrected chi connectivity index (χ4v) is 5.56. The number of hydrogen-bond donors (Lipinski definition) is 1. The van der Waals surface area contributed by atoms with Crippen LogP contribution in [0.1, 0.15) is 6.42 Å². The van der Waals surface area contributed by atoms with E-state index in [-0.39, 0.29) is 30.2 Å². The minimum atomic E-state index is -0.404. The summed E-state index contributed by atoms with van der Waals surface area (Å²) in [6.07, 6.45) is 0.148. The predicted molar refractivity (Wildman–Crippen MR) is 123 cm³/mol. The molecule has 156 valence electrons. The van der Waals surface area contributed by atoms with Crippen LogP contribution in [0.2, 0.25) is 0 Å². The Kier molecular flexibility index (Phi) is 6.46. The molecule has 4 rings (SSSR count). The highest BCUT2D eigenvalue weighted by Crippen LogP contribution is 2.34. The lowest BCUT2D eigenvalue weighted by Gasteiger charge is -2.21. The van der Waals surface area contributed by atoms with E-state index in [0.29, 0.717) is 21.1 Å². The van der Waals surface area contributed by atoms with Crippen molar-refractivity contribution in [3.8, 4) is 16.5 Å². The van der Waals surface area contributed by atoms with Crippen LogP contribution in [0.3, 0.4) is 0 Å². The minimum absolute atomic E-state index is 0.0143. The molecule has 0 aliphatic rings. The van der Waals surface area contributed by atoms with Crippen LogP contribution in [0.15, 0.2) is 57.1 Å². The SMILES string of the molecule is N#CCCN(C(=O)CSc1nc2scc(-c3cccs3)c2c(=O)[nH]1)c1ccc(F)cc1. The molecule has 0 spiro atoms. The lowest BCUT2D eigenvalue weighted by Crippen LogP contribution is -2.33. The number of thioether (sulfide) groups is 1. The molecule has 0 radical (unpaired) electrons. The fourth-order valence-electron chi connectivity index (χ4n) is 3.00. The van der Waals surface area contributed by atoms with E-state index in [9.17, 15) is 14.0 Å². The second-order valence-corrected chi connectivity index (χ2v) is 9.17. The predicted octanol–water partition coefficient (Wildman–Crippen LogP) is 4.89. The maximum atomic E-state index is 13.2. The van der Waals surface area contributed by atoms with Gasteiger partial charge >= 0.3 is 0 Å². The molecule has 1 amide bonds. The summed E-state index contributed by atoms with van der Waals surface area (Å²) in [6.45, 7) is 0.194. The number of nitrogens with one attached hydrogen (secondary N) is 1. The Labute approximate surface area is 189 Å². The van der Waals surface area contributed by atoms with Crippen molar-refractivity contribution in [2.24, 2.45) is 0 Å². The molecule has 0 unspecified atom stereocenters. The number of aromatic nitrogens is 2. The van der Waals surface area contributed by atoms with E-state index in [1.165, 1.54) is 40.5 Å². The summed E-state index contributed by atoms with van der Waals surface area (Å²) in [4.78, 5) is 35.8. The quantitative estimate of drug-likeness (QED) is 0.307. The van der Waals surface area contributed by atoms with Crippen LogP contribution in [-0.2, 0) is 4.79 Å². The van der Waals surface area contributed by atoms with Crippen molar-refractivity contribution in [1.29, 1.82) is 5.26 Å². The Balaban J connectivity index is 1.53. The van der Waals surface area contributed by atoms with Gasteiger partial charge in [0.2, 0.25) is 5.91 Å². The van der Waals surface area contributed by atoms with Gasteiger partial charge in [0.05, 0.1) is 23.6 Å².